The Kier molecular flexibility index (Phi) is 3.52. The van der Waals surface area contributed by atoms with Gasteiger partial charge in [0.15, 0.2) is 0 Å². The minimum Gasteiger partial charge on any atom is -0.508 e. The van der Waals surface area contributed by atoms with Crippen molar-refractivity contribution in [1.29, 1.82) is 0 Å². The van der Waals surface area contributed by atoms with Gasteiger partial charge in [-0.25, -0.2) is 0 Å². The van der Waals surface area contributed by atoms with Crippen LogP contribution in [0.5, 0.6) is 11.5 Å². The molecule has 4 heteroatoms. The standard InChI is InChI=1S/C17H17NO3/c19-12-8-9-16(20)14(10-12)17(21)18-15-7-3-5-11-4-1-2-6-13(11)15/h1-2,4,6,8-10,15,19-20H,3,5,7H2,(H,18,21)/t15-/m1/s1. The Labute approximate surface area is 123 Å². The number of aromatic hydroxyl groups is 2. The van der Waals surface area contributed by atoms with E-state index in [-0.39, 0.29) is 29.0 Å². The second kappa shape index (κ2) is 5.48. The molecule has 3 rings (SSSR count). The van der Waals surface area contributed by atoms with Gasteiger partial charge >= 0.3 is 0 Å². The lowest BCUT2D eigenvalue weighted by Crippen LogP contribution is -2.31. The first-order valence-electron chi connectivity index (χ1n) is 7.06. The SMILES string of the molecule is O=C(N[C@@H]1CCCc2ccccc21)c1cc(O)ccc1O. The van der Waals surface area contributed by atoms with Gasteiger partial charge in [-0.1, -0.05) is 24.3 Å². The molecule has 0 saturated carbocycles. The van der Waals surface area contributed by atoms with Crippen LogP contribution in [0.15, 0.2) is 42.5 Å². The zero-order valence-corrected chi connectivity index (χ0v) is 11.5. The highest BCUT2D eigenvalue weighted by atomic mass is 16.3. The smallest absolute Gasteiger partial charge is 0.255 e. The molecule has 21 heavy (non-hydrogen) atoms. The van der Waals surface area contributed by atoms with Crippen molar-refractivity contribution in [2.24, 2.45) is 0 Å². The normalized spacial score (nSPS) is 17.0. The predicted molar refractivity (Wildman–Crippen MR) is 79.4 cm³/mol. The number of fused-ring (bicyclic) bond motifs is 1. The van der Waals surface area contributed by atoms with Crippen molar-refractivity contribution >= 4 is 5.91 Å². The first kappa shape index (κ1) is 13.5. The quantitative estimate of drug-likeness (QED) is 0.742. The van der Waals surface area contributed by atoms with Gasteiger partial charge in [-0.15, -0.1) is 0 Å². The van der Waals surface area contributed by atoms with Crippen molar-refractivity contribution in [3.05, 3.63) is 59.2 Å². The minimum atomic E-state index is -0.370. The van der Waals surface area contributed by atoms with Crippen LogP contribution in [-0.2, 0) is 6.42 Å². The van der Waals surface area contributed by atoms with Crippen molar-refractivity contribution in [1.82, 2.24) is 5.32 Å². The summed E-state index contributed by atoms with van der Waals surface area (Å²) in [4.78, 5) is 12.3. The van der Waals surface area contributed by atoms with Gasteiger partial charge in [0, 0.05) is 0 Å². The zero-order valence-electron chi connectivity index (χ0n) is 11.5. The van der Waals surface area contributed by atoms with Crippen molar-refractivity contribution in [2.75, 3.05) is 0 Å². The minimum absolute atomic E-state index is 0.0398. The molecule has 2 aromatic carbocycles. The number of rotatable bonds is 2. The van der Waals surface area contributed by atoms with Gasteiger partial charge in [0.05, 0.1) is 11.6 Å². The number of nitrogens with one attached hydrogen (secondary N) is 1. The van der Waals surface area contributed by atoms with Gasteiger partial charge in [-0.3, -0.25) is 4.79 Å². The van der Waals surface area contributed by atoms with E-state index in [0.717, 1.165) is 24.8 Å². The number of aryl methyl sites for hydroxylation is 1. The highest BCUT2D eigenvalue weighted by molar-refractivity contribution is 5.97. The van der Waals surface area contributed by atoms with Crippen LogP contribution >= 0.6 is 0 Å². The molecule has 108 valence electrons. The number of hydrogen-bond donors (Lipinski definition) is 3. The Hall–Kier alpha value is -2.49. The molecule has 1 amide bonds. The van der Waals surface area contributed by atoms with Crippen LogP contribution in [0, 0.1) is 0 Å². The molecule has 0 spiro atoms. The number of phenols is 2. The third-order valence-corrected chi connectivity index (χ3v) is 3.90. The molecule has 1 aliphatic carbocycles. The van der Waals surface area contributed by atoms with Crippen LogP contribution in [0.3, 0.4) is 0 Å². The summed E-state index contributed by atoms with van der Waals surface area (Å²) in [5.74, 6) is -0.540. The molecule has 2 aromatic rings. The Balaban J connectivity index is 1.84. The Morgan fingerprint density at radius 2 is 1.95 bits per heavy atom. The molecule has 1 aliphatic rings. The fourth-order valence-electron chi connectivity index (χ4n) is 2.85. The molecule has 3 N–H and O–H groups in total. The Bertz CT molecular complexity index is 681. The molecule has 0 heterocycles. The number of hydrogen-bond acceptors (Lipinski definition) is 3. The van der Waals surface area contributed by atoms with E-state index in [1.807, 2.05) is 18.2 Å². The number of carbonyl (C=O) groups is 1. The summed E-state index contributed by atoms with van der Waals surface area (Å²) in [6.07, 6.45) is 2.93. The Morgan fingerprint density at radius 1 is 1.14 bits per heavy atom. The molecule has 1 atom stereocenters. The average Bonchev–Trinajstić information content (AvgIpc) is 2.50. The second-order valence-electron chi connectivity index (χ2n) is 5.32. The van der Waals surface area contributed by atoms with Crippen LogP contribution in [0.2, 0.25) is 0 Å². The summed E-state index contributed by atoms with van der Waals surface area (Å²) < 4.78 is 0. The lowest BCUT2D eigenvalue weighted by Gasteiger charge is -2.26. The summed E-state index contributed by atoms with van der Waals surface area (Å²) in [6.45, 7) is 0. The molecule has 0 fully saturated rings. The van der Waals surface area contributed by atoms with Crippen molar-refractivity contribution in [2.45, 2.75) is 25.3 Å². The molecule has 4 nitrogen and oxygen atoms in total. The molecule has 0 aromatic heterocycles. The van der Waals surface area contributed by atoms with E-state index in [9.17, 15) is 15.0 Å². The van der Waals surface area contributed by atoms with Crippen LogP contribution in [0.25, 0.3) is 0 Å². The summed E-state index contributed by atoms with van der Waals surface area (Å²) in [6, 6.07) is 12.0. The van der Waals surface area contributed by atoms with E-state index < -0.39 is 0 Å². The van der Waals surface area contributed by atoms with Gasteiger partial charge in [0.1, 0.15) is 11.5 Å². The van der Waals surface area contributed by atoms with E-state index in [0.29, 0.717) is 0 Å². The summed E-state index contributed by atoms with van der Waals surface area (Å²) in [7, 11) is 0. The molecule has 0 unspecified atom stereocenters. The van der Waals surface area contributed by atoms with Crippen LogP contribution in [0.1, 0.15) is 40.4 Å². The molecular weight excluding hydrogens is 266 g/mol. The van der Waals surface area contributed by atoms with Gasteiger partial charge < -0.3 is 15.5 Å². The maximum absolute atomic E-state index is 12.3. The average molecular weight is 283 g/mol. The Morgan fingerprint density at radius 3 is 2.81 bits per heavy atom. The lowest BCUT2D eigenvalue weighted by atomic mass is 9.87. The van der Waals surface area contributed by atoms with Gasteiger partial charge in [0.2, 0.25) is 0 Å². The van der Waals surface area contributed by atoms with Crippen LogP contribution in [-0.4, -0.2) is 16.1 Å². The maximum Gasteiger partial charge on any atom is 0.255 e. The highest BCUT2D eigenvalue weighted by Crippen LogP contribution is 2.30. The van der Waals surface area contributed by atoms with Crippen molar-refractivity contribution in [3.63, 3.8) is 0 Å². The molecule has 0 saturated heterocycles. The monoisotopic (exact) mass is 283 g/mol. The largest absolute Gasteiger partial charge is 0.508 e. The number of carbonyl (C=O) groups excluding carboxylic acids is 1. The summed E-state index contributed by atoms with van der Waals surface area (Å²) in [5.41, 5.74) is 2.49. The van der Waals surface area contributed by atoms with Gasteiger partial charge in [-0.2, -0.15) is 0 Å². The highest BCUT2D eigenvalue weighted by Gasteiger charge is 2.23. The van der Waals surface area contributed by atoms with E-state index in [1.165, 1.54) is 23.8 Å². The third kappa shape index (κ3) is 2.70. The number of phenolic OH excluding ortho intramolecular Hbond substituents is 2. The predicted octanol–water partition coefficient (Wildman–Crippen LogP) is 2.91. The van der Waals surface area contributed by atoms with Gasteiger partial charge in [-0.05, 0) is 48.6 Å². The van der Waals surface area contributed by atoms with E-state index in [2.05, 4.69) is 11.4 Å². The fraction of sp³-hybridized carbons (Fsp3) is 0.235. The van der Waals surface area contributed by atoms with Crippen LogP contribution in [0.4, 0.5) is 0 Å². The first-order chi connectivity index (χ1) is 10.1. The fourth-order valence-corrected chi connectivity index (χ4v) is 2.85. The molecule has 0 aliphatic heterocycles. The van der Waals surface area contributed by atoms with E-state index in [1.54, 1.807) is 0 Å². The second-order valence-corrected chi connectivity index (χ2v) is 5.32. The molecule has 0 bridgehead atoms. The summed E-state index contributed by atoms with van der Waals surface area (Å²) in [5, 5.41) is 22.2. The number of amides is 1. The van der Waals surface area contributed by atoms with Crippen molar-refractivity contribution in [3.8, 4) is 11.5 Å². The van der Waals surface area contributed by atoms with E-state index in [4.69, 9.17) is 0 Å². The first-order valence-corrected chi connectivity index (χ1v) is 7.06. The molecule has 0 radical (unpaired) electrons. The molecular formula is C17H17NO3. The lowest BCUT2D eigenvalue weighted by molar-refractivity contribution is 0.0929. The van der Waals surface area contributed by atoms with E-state index >= 15 is 0 Å². The summed E-state index contributed by atoms with van der Waals surface area (Å²) >= 11 is 0. The van der Waals surface area contributed by atoms with Crippen LogP contribution < -0.4 is 5.32 Å². The van der Waals surface area contributed by atoms with Crippen molar-refractivity contribution < 1.29 is 15.0 Å². The topological polar surface area (TPSA) is 69.6 Å². The number of benzene rings is 2. The zero-order chi connectivity index (χ0) is 14.8. The van der Waals surface area contributed by atoms with Gasteiger partial charge in [0.25, 0.3) is 5.91 Å². The maximum atomic E-state index is 12.3. The third-order valence-electron chi connectivity index (χ3n) is 3.90.